The number of carboxylic acids is 1. The Labute approximate surface area is 235 Å². The van der Waals surface area contributed by atoms with E-state index in [0.29, 0.717) is 16.9 Å². The van der Waals surface area contributed by atoms with Gasteiger partial charge in [0, 0.05) is 4.90 Å². The number of hydrogen-bond acceptors (Lipinski definition) is 13. The van der Waals surface area contributed by atoms with Gasteiger partial charge in [-0.2, -0.15) is 22.9 Å². The van der Waals surface area contributed by atoms with Gasteiger partial charge in [0.05, 0.1) is 29.1 Å². The van der Waals surface area contributed by atoms with E-state index in [9.17, 15) is 36.4 Å². The summed E-state index contributed by atoms with van der Waals surface area (Å²) in [6, 6.07) is 8.69. The third kappa shape index (κ3) is 6.77. The summed E-state index contributed by atoms with van der Waals surface area (Å²) in [4.78, 5) is 27.2. The number of nitrogens with zero attached hydrogens (tertiary/aromatic N) is 4. The summed E-state index contributed by atoms with van der Waals surface area (Å²) in [5.74, 6) is -2.06. The van der Waals surface area contributed by atoms with Gasteiger partial charge in [-0.15, -0.1) is 9.45 Å². The Kier molecular flexibility index (Phi) is 8.82. The van der Waals surface area contributed by atoms with Crippen LogP contribution in [-0.4, -0.2) is 51.5 Å². The van der Waals surface area contributed by atoms with Crippen molar-refractivity contribution in [3.63, 3.8) is 0 Å². The first-order chi connectivity index (χ1) is 19.4. The number of carbonyl (C=O) groups is 1. The molecule has 6 N–H and O–H groups in total. The molecule has 0 amide bonds. The van der Waals surface area contributed by atoms with E-state index >= 15 is 0 Å². The van der Waals surface area contributed by atoms with Crippen molar-refractivity contribution in [2.24, 2.45) is 15.2 Å². The van der Waals surface area contributed by atoms with E-state index in [1.165, 1.54) is 24.3 Å². The van der Waals surface area contributed by atoms with Gasteiger partial charge in [-0.1, -0.05) is 16.6 Å². The zero-order valence-corrected chi connectivity index (χ0v) is 22.0. The number of hydrogen-bond donors (Lipinski definition) is 6. The van der Waals surface area contributed by atoms with Gasteiger partial charge < -0.3 is 15.7 Å². The van der Waals surface area contributed by atoms with E-state index in [-0.39, 0.29) is 17.1 Å². The number of halogens is 3. The Balaban J connectivity index is 1.68. The van der Waals surface area contributed by atoms with Gasteiger partial charge in [0.25, 0.3) is 21.8 Å². The summed E-state index contributed by atoms with van der Waals surface area (Å²) < 4.78 is 66.1. The fourth-order valence-electron chi connectivity index (χ4n) is 3.25. The maximum atomic E-state index is 13.8. The van der Waals surface area contributed by atoms with E-state index in [1.54, 1.807) is 0 Å². The summed E-state index contributed by atoms with van der Waals surface area (Å²) in [5.41, 5.74) is -2.73. The molecule has 3 aromatic rings. The highest BCUT2D eigenvalue weighted by molar-refractivity contribution is 7.94. The van der Waals surface area contributed by atoms with Crippen LogP contribution >= 0.6 is 23.6 Å². The SMILES string of the molecule is O=C(O)c1[nH]n(-c2ccc(SOOO)cc2)c(=O)c1N=Nc1ccc(NC2=C(Cl)C(F)N=C(F)N2)c(S(=O)(=O)O)c1. The molecule has 0 saturated heterocycles. The Bertz CT molecular complexity index is 1760. The minimum atomic E-state index is -4.98. The predicted octanol–water partition coefficient (Wildman–Crippen LogP) is 4.00. The number of aromatic amines is 1. The molecule has 1 aliphatic heterocycles. The number of aromatic nitrogens is 2. The Hall–Kier alpha value is -4.18. The van der Waals surface area contributed by atoms with Gasteiger partial charge in [-0.25, -0.2) is 19.1 Å². The molecule has 1 unspecified atom stereocenters. The Morgan fingerprint density at radius 1 is 1.22 bits per heavy atom. The zero-order chi connectivity index (χ0) is 29.9. The number of nitrogens with one attached hydrogen (secondary N) is 3. The van der Waals surface area contributed by atoms with Gasteiger partial charge in [0.1, 0.15) is 15.7 Å². The second-order valence-corrected chi connectivity index (χ2v) is 10.2. The van der Waals surface area contributed by atoms with Crippen LogP contribution in [0.2, 0.25) is 0 Å². The molecule has 4 rings (SSSR count). The van der Waals surface area contributed by atoms with Gasteiger partial charge >= 0.3 is 5.97 Å². The van der Waals surface area contributed by atoms with Crippen molar-refractivity contribution in [3.05, 3.63) is 69.4 Å². The van der Waals surface area contributed by atoms with Crippen molar-refractivity contribution in [1.82, 2.24) is 15.1 Å². The molecule has 21 heteroatoms. The number of amidine groups is 1. The first kappa shape index (κ1) is 29.8. The van der Waals surface area contributed by atoms with Gasteiger partial charge in [0.15, 0.2) is 11.4 Å². The maximum Gasteiger partial charge on any atom is 0.356 e. The molecule has 1 aromatic heterocycles. The summed E-state index contributed by atoms with van der Waals surface area (Å²) >= 11 is 6.40. The van der Waals surface area contributed by atoms with Gasteiger partial charge in [-0.05, 0) is 42.5 Å². The minimum Gasteiger partial charge on any atom is -0.476 e. The average molecular weight is 634 g/mol. The predicted molar refractivity (Wildman–Crippen MR) is 138 cm³/mol. The molecule has 1 atom stereocenters. The van der Waals surface area contributed by atoms with Gasteiger partial charge in [-0.3, -0.25) is 14.4 Å². The first-order valence-electron chi connectivity index (χ1n) is 10.6. The van der Waals surface area contributed by atoms with Crippen LogP contribution in [0, 0.1) is 0 Å². The normalized spacial score (nSPS) is 15.6. The number of aromatic carboxylic acids is 1. The lowest BCUT2D eigenvalue weighted by atomic mass is 10.2. The average Bonchev–Trinajstić information content (AvgIpc) is 3.25. The van der Waals surface area contributed by atoms with Crippen molar-refractivity contribution < 1.29 is 46.3 Å². The molecular formula is C20H14ClF2N7O9S2. The highest BCUT2D eigenvalue weighted by atomic mass is 35.5. The molecule has 0 bridgehead atoms. The van der Waals surface area contributed by atoms with E-state index in [1.807, 2.05) is 5.32 Å². The molecular weight excluding hydrogens is 620 g/mol. The van der Waals surface area contributed by atoms with E-state index in [0.717, 1.165) is 22.9 Å². The number of anilines is 1. The Morgan fingerprint density at radius 2 is 1.93 bits per heavy atom. The quantitative estimate of drug-likeness (QED) is 0.0465. The van der Waals surface area contributed by atoms with Crippen LogP contribution in [0.15, 0.2) is 83.1 Å². The summed E-state index contributed by atoms with van der Waals surface area (Å²) in [6.45, 7) is 0. The molecule has 1 aliphatic rings. The minimum absolute atomic E-state index is 0.179. The summed E-state index contributed by atoms with van der Waals surface area (Å²) in [5, 5.41) is 34.7. The van der Waals surface area contributed by atoms with Crippen LogP contribution in [0.1, 0.15) is 10.5 Å². The van der Waals surface area contributed by atoms with Crippen LogP contribution in [0.4, 0.5) is 25.8 Å². The smallest absolute Gasteiger partial charge is 0.356 e. The van der Waals surface area contributed by atoms with E-state index < -0.39 is 61.2 Å². The van der Waals surface area contributed by atoms with E-state index in [4.69, 9.17) is 16.9 Å². The lowest BCUT2D eigenvalue weighted by Crippen LogP contribution is -2.31. The zero-order valence-electron chi connectivity index (χ0n) is 19.6. The molecule has 216 valence electrons. The number of rotatable bonds is 10. The first-order valence-corrected chi connectivity index (χ1v) is 13.1. The number of benzene rings is 2. The fraction of sp³-hybridized carbons (Fsp3) is 0.0500. The monoisotopic (exact) mass is 633 g/mol. The van der Waals surface area contributed by atoms with Crippen LogP contribution in [0.25, 0.3) is 5.69 Å². The van der Waals surface area contributed by atoms with Crippen LogP contribution in [0.5, 0.6) is 0 Å². The van der Waals surface area contributed by atoms with Crippen molar-refractivity contribution in [1.29, 1.82) is 0 Å². The number of alkyl halides is 1. The second kappa shape index (κ2) is 12.1. The van der Waals surface area contributed by atoms with E-state index in [2.05, 4.69) is 35.0 Å². The molecule has 0 saturated carbocycles. The Morgan fingerprint density at radius 3 is 2.56 bits per heavy atom. The molecule has 0 spiro atoms. The molecule has 0 radical (unpaired) electrons. The highest BCUT2D eigenvalue weighted by Gasteiger charge is 2.25. The standard InChI is InChI=1S/C20H14ClF2N7O9S2/c21-13-16(22)25-20(23)26-17(13)24-11-6-1-8(7-12(11)41(35,36)37)27-28-14-15(19(32)33)29-30(18(14)31)9-2-4-10(5-3-9)40-39-38-34/h1-7,16,24,29,34H,(H,25,26)(H,32,33)(H,35,36,37). The summed E-state index contributed by atoms with van der Waals surface area (Å²) in [6.07, 6.45) is -3.63. The largest absolute Gasteiger partial charge is 0.476 e. The third-order valence-corrected chi connectivity index (χ3v) is 6.86. The molecule has 2 heterocycles. The molecule has 41 heavy (non-hydrogen) atoms. The number of azo groups is 1. The maximum absolute atomic E-state index is 13.8. The second-order valence-electron chi connectivity index (χ2n) is 7.59. The van der Waals surface area contributed by atoms with Crippen LogP contribution < -0.4 is 16.2 Å². The fourth-order valence-corrected chi connectivity index (χ4v) is 4.42. The molecule has 16 nitrogen and oxygen atoms in total. The molecule has 0 fully saturated rings. The summed E-state index contributed by atoms with van der Waals surface area (Å²) in [7, 11) is -4.98. The number of carboxylic acid groups (broad SMARTS) is 1. The van der Waals surface area contributed by atoms with Crippen LogP contribution in [-0.2, 0) is 19.5 Å². The van der Waals surface area contributed by atoms with Crippen molar-refractivity contribution in [3.8, 4) is 5.69 Å². The molecule has 2 aromatic carbocycles. The van der Waals surface area contributed by atoms with Crippen molar-refractivity contribution >= 4 is 62.9 Å². The van der Waals surface area contributed by atoms with Crippen molar-refractivity contribution in [2.75, 3.05) is 5.32 Å². The molecule has 0 aliphatic carbocycles. The highest BCUT2D eigenvalue weighted by Crippen LogP contribution is 2.31. The lowest BCUT2D eigenvalue weighted by molar-refractivity contribution is -0.432. The number of H-pyrrole nitrogens is 1. The lowest BCUT2D eigenvalue weighted by Gasteiger charge is -2.20. The van der Waals surface area contributed by atoms with Crippen LogP contribution in [0.3, 0.4) is 0 Å². The van der Waals surface area contributed by atoms with Crippen molar-refractivity contribution in [2.45, 2.75) is 16.1 Å². The topological polar surface area (TPSA) is 229 Å². The number of aliphatic imine (C=N–C) groups is 1. The third-order valence-electron chi connectivity index (χ3n) is 5.01. The van der Waals surface area contributed by atoms with Gasteiger partial charge in [0.2, 0.25) is 6.30 Å².